The molecule has 20 heavy (non-hydrogen) atoms. The van der Waals surface area contributed by atoms with E-state index >= 15 is 0 Å². The van der Waals surface area contributed by atoms with Crippen LogP contribution in [-0.4, -0.2) is 11.5 Å². The molecular weight excluding hydrogens is 254 g/mol. The molecule has 0 spiro atoms. The molecule has 5 heteroatoms. The Balaban J connectivity index is 1.98. The molecule has 0 radical (unpaired) electrons. The lowest BCUT2D eigenvalue weighted by molar-refractivity contribution is -0.384. The van der Waals surface area contributed by atoms with Crippen molar-refractivity contribution in [3.8, 4) is 0 Å². The summed E-state index contributed by atoms with van der Waals surface area (Å²) < 4.78 is 0. The van der Waals surface area contributed by atoms with E-state index in [1.807, 2.05) is 6.92 Å². The van der Waals surface area contributed by atoms with Crippen LogP contribution in [0.4, 0.5) is 17.1 Å². The van der Waals surface area contributed by atoms with Gasteiger partial charge < -0.3 is 11.1 Å². The minimum atomic E-state index is -0.426. The van der Waals surface area contributed by atoms with Gasteiger partial charge in [-0.2, -0.15) is 0 Å². The summed E-state index contributed by atoms with van der Waals surface area (Å²) in [7, 11) is 0. The monoisotopic (exact) mass is 271 g/mol. The van der Waals surface area contributed by atoms with Crippen molar-refractivity contribution in [1.82, 2.24) is 0 Å². The van der Waals surface area contributed by atoms with Gasteiger partial charge in [-0.25, -0.2) is 0 Å². The molecule has 0 aromatic heterocycles. The zero-order valence-corrected chi connectivity index (χ0v) is 11.3. The second kappa shape index (κ2) is 6.06. The van der Waals surface area contributed by atoms with E-state index in [4.69, 9.17) is 5.73 Å². The third-order valence-corrected chi connectivity index (χ3v) is 3.10. The number of nitrogens with zero attached hydrogens (tertiary/aromatic N) is 1. The molecule has 2 aromatic rings. The van der Waals surface area contributed by atoms with Crippen molar-refractivity contribution in [2.45, 2.75) is 13.3 Å². The van der Waals surface area contributed by atoms with E-state index in [0.29, 0.717) is 17.9 Å². The summed E-state index contributed by atoms with van der Waals surface area (Å²) in [5.41, 5.74) is 9.40. The van der Waals surface area contributed by atoms with Gasteiger partial charge in [-0.3, -0.25) is 10.1 Å². The second-order valence-electron chi connectivity index (χ2n) is 4.69. The summed E-state index contributed by atoms with van der Waals surface area (Å²) in [6.45, 7) is 2.72. The van der Waals surface area contributed by atoms with Crippen molar-refractivity contribution in [2.75, 3.05) is 17.6 Å². The van der Waals surface area contributed by atoms with E-state index in [1.54, 1.807) is 6.07 Å². The molecule has 0 bridgehead atoms. The number of hydrogen-bond donors (Lipinski definition) is 2. The van der Waals surface area contributed by atoms with E-state index < -0.39 is 4.92 Å². The molecule has 0 atom stereocenters. The summed E-state index contributed by atoms with van der Waals surface area (Å²) in [5, 5.41) is 13.9. The van der Waals surface area contributed by atoms with Gasteiger partial charge in [0.25, 0.3) is 5.69 Å². The molecule has 2 rings (SSSR count). The van der Waals surface area contributed by atoms with Crippen molar-refractivity contribution in [3.05, 3.63) is 63.7 Å². The van der Waals surface area contributed by atoms with E-state index in [0.717, 1.165) is 6.42 Å². The van der Waals surface area contributed by atoms with E-state index in [-0.39, 0.29) is 5.69 Å². The number of rotatable bonds is 5. The first-order chi connectivity index (χ1) is 9.56. The predicted molar refractivity (Wildman–Crippen MR) is 80.9 cm³/mol. The molecule has 0 saturated heterocycles. The number of nitro benzene ring substituents is 1. The number of non-ortho nitro benzene ring substituents is 1. The van der Waals surface area contributed by atoms with Gasteiger partial charge in [-0.15, -0.1) is 0 Å². The highest BCUT2D eigenvalue weighted by Crippen LogP contribution is 2.24. The topological polar surface area (TPSA) is 81.2 Å². The molecule has 0 amide bonds. The fourth-order valence-electron chi connectivity index (χ4n) is 1.91. The first-order valence-electron chi connectivity index (χ1n) is 6.39. The summed E-state index contributed by atoms with van der Waals surface area (Å²) in [5.74, 6) is 0. The number of nitro groups is 1. The Labute approximate surface area is 117 Å². The Morgan fingerprint density at radius 2 is 1.90 bits per heavy atom. The third kappa shape index (κ3) is 3.47. The fourth-order valence-corrected chi connectivity index (χ4v) is 1.91. The maximum atomic E-state index is 10.7. The Morgan fingerprint density at radius 3 is 2.55 bits per heavy atom. The Bertz CT molecular complexity index is 609. The van der Waals surface area contributed by atoms with E-state index in [2.05, 4.69) is 29.6 Å². The maximum Gasteiger partial charge on any atom is 0.271 e. The van der Waals surface area contributed by atoms with Crippen molar-refractivity contribution in [3.63, 3.8) is 0 Å². The van der Waals surface area contributed by atoms with Crippen LogP contribution in [-0.2, 0) is 6.42 Å². The lowest BCUT2D eigenvalue weighted by Gasteiger charge is -2.09. The zero-order valence-electron chi connectivity index (χ0n) is 11.3. The fraction of sp³-hybridized carbons (Fsp3) is 0.200. The van der Waals surface area contributed by atoms with Crippen LogP contribution >= 0.6 is 0 Å². The van der Waals surface area contributed by atoms with Gasteiger partial charge in [-0.05, 0) is 25.0 Å². The van der Waals surface area contributed by atoms with Crippen LogP contribution in [0.3, 0.4) is 0 Å². The lowest BCUT2D eigenvalue weighted by atomic mass is 10.1. The van der Waals surface area contributed by atoms with Gasteiger partial charge in [0, 0.05) is 18.7 Å². The zero-order chi connectivity index (χ0) is 14.5. The second-order valence-corrected chi connectivity index (χ2v) is 4.69. The van der Waals surface area contributed by atoms with Gasteiger partial charge in [0.05, 0.1) is 16.3 Å². The van der Waals surface area contributed by atoms with Gasteiger partial charge in [-0.1, -0.05) is 29.8 Å². The number of hydrogen-bond acceptors (Lipinski definition) is 4. The Hall–Kier alpha value is -2.56. The number of benzene rings is 2. The molecule has 2 aromatic carbocycles. The Morgan fingerprint density at radius 1 is 1.20 bits per heavy atom. The molecule has 0 saturated carbocycles. The molecule has 104 valence electrons. The first-order valence-corrected chi connectivity index (χ1v) is 6.39. The summed E-state index contributed by atoms with van der Waals surface area (Å²) >= 11 is 0. The average Bonchev–Trinajstić information content (AvgIpc) is 2.43. The Kier molecular flexibility index (Phi) is 4.20. The first kappa shape index (κ1) is 13.9. The van der Waals surface area contributed by atoms with Crippen LogP contribution in [0.2, 0.25) is 0 Å². The lowest BCUT2D eigenvalue weighted by Crippen LogP contribution is -2.07. The van der Waals surface area contributed by atoms with Gasteiger partial charge in [0.1, 0.15) is 0 Å². The summed E-state index contributed by atoms with van der Waals surface area (Å²) in [6.07, 6.45) is 0.836. The van der Waals surface area contributed by atoms with Gasteiger partial charge >= 0.3 is 0 Å². The molecular formula is C15H17N3O2. The van der Waals surface area contributed by atoms with Crippen molar-refractivity contribution >= 4 is 17.1 Å². The van der Waals surface area contributed by atoms with Crippen molar-refractivity contribution < 1.29 is 4.92 Å². The number of anilines is 2. The van der Waals surface area contributed by atoms with Crippen LogP contribution in [0.25, 0.3) is 0 Å². The minimum absolute atomic E-state index is 0.0389. The average molecular weight is 271 g/mol. The molecule has 0 fully saturated rings. The van der Waals surface area contributed by atoms with E-state index in [9.17, 15) is 10.1 Å². The number of nitrogens with two attached hydrogens (primary N) is 1. The molecule has 0 unspecified atom stereocenters. The highest BCUT2D eigenvalue weighted by atomic mass is 16.6. The van der Waals surface area contributed by atoms with Gasteiger partial charge in [0.15, 0.2) is 0 Å². The highest BCUT2D eigenvalue weighted by molar-refractivity contribution is 5.69. The largest absolute Gasteiger partial charge is 0.397 e. The van der Waals surface area contributed by atoms with Crippen LogP contribution in [0.5, 0.6) is 0 Å². The summed E-state index contributed by atoms with van der Waals surface area (Å²) in [6, 6.07) is 12.7. The number of aryl methyl sites for hydroxylation is 1. The molecule has 0 aliphatic rings. The van der Waals surface area contributed by atoms with Crippen LogP contribution < -0.4 is 11.1 Å². The van der Waals surface area contributed by atoms with E-state index in [1.165, 1.54) is 23.3 Å². The minimum Gasteiger partial charge on any atom is -0.397 e. The number of nitrogens with one attached hydrogen (secondary N) is 1. The summed E-state index contributed by atoms with van der Waals surface area (Å²) in [4.78, 5) is 10.3. The maximum absolute atomic E-state index is 10.7. The SMILES string of the molecule is Cc1ccc(CCNc2cc([N+](=O)[O-])ccc2N)cc1. The molecule has 3 N–H and O–H groups in total. The van der Waals surface area contributed by atoms with Crippen molar-refractivity contribution in [1.29, 1.82) is 0 Å². The van der Waals surface area contributed by atoms with Crippen LogP contribution in [0.1, 0.15) is 11.1 Å². The van der Waals surface area contributed by atoms with Crippen LogP contribution in [0.15, 0.2) is 42.5 Å². The number of nitrogen functional groups attached to an aromatic ring is 1. The normalized spacial score (nSPS) is 10.2. The standard InChI is InChI=1S/C15H17N3O2/c1-11-2-4-12(5-3-11)8-9-17-15-10-13(18(19)20)6-7-14(15)16/h2-7,10,17H,8-9,16H2,1H3. The molecule has 0 aliphatic heterocycles. The smallest absolute Gasteiger partial charge is 0.271 e. The van der Waals surface area contributed by atoms with Gasteiger partial charge in [0.2, 0.25) is 0 Å². The molecule has 0 heterocycles. The highest BCUT2D eigenvalue weighted by Gasteiger charge is 2.08. The molecule has 5 nitrogen and oxygen atoms in total. The molecule has 0 aliphatic carbocycles. The quantitative estimate of drug-likeness (QED) is 0.497. The third-order valence-electron chi connectivity index (χ3n) is 3.10. The van der Waals surface area contributed by atoms with Crippen molar-refractivity contribution in [2.24, 2.45) is 0 Å². The predicted octanol–water partition coefficient (Wildman–Crippen LogP) is 3.14. The van der Waals surface area contributed by atoms with Crippen LogP contribution in [0, 0.1) is 17.0 Å².